The van der Waals surface area contributed by atoms with Crippen molar-refractivity contribution in [2.24, 2.45) is 0 Å². The molecule has 0 aliphatic rings. The highest BCUT2D eigenvalue weighted by Gasteiger charge is 2.09. The van der Waals surface area contributed by atoms with E-state index >= 15 is 0 Å². The summed E-state index contributed by atoms with van der Waals surface area (Å²) in [5.74, 6) is -0.0392. The highest BCUT2D eigenvalue weighted by Crippen LogP contribution is 2.19. The molecule has 1 N–H and O–H groups in total. The van der Waals surface area contributed by atoms with Crippen molar-refractivity contribution in [1.29, 1.82) is 0 Å². The van der Waals surface area contributed by atoms with Crippen LogP contribution in [0.25, 0.3) is 0 Å². The van der Waals surface area contributed by atoms with Crippen molar-refractivity contribution in [3.63, 3.8) is 0 Å². The van der Waals surface area contributed by atoms with Crippen molar-refractivity contribution in [3.05, 3.63) is 59.1 Å². The van der Waals surface area contributed by atoms with Gasteiger partial charge in [-0.3, -0.25) is 9.59 Å². The molecule has 0 radical (unpaired) electrons. The van der Waals surface area contributed by atoms with Gasteiger partial charge in [0.15, 0.2) is 12.4 Å². The lowest BCUT2D eigenvalue weighted by Gasteiger charge is -2.10. The predicted molar refractivity (Wildman–Crippen MR) is 82.0 cm³/mol. The number of hydrogen-bond donors (Lipinski definition) is 1. The van der Waals surface area contributed by atoms with Crippen molar-refractivity contribution in [1.82, 2.24) is 0 Å². The van der Waals surface area contributed by atoms with E-state index < -0.39 is 0 Å². The Bertz CT molecular complexity index is 670. The Hall–Kier alpha value is -2.33. The molecular formula is C16H14ClNO3. The van der Waals surface area contributed by atoms with E-state index in [4.69, 9.17) is 16.3 Å². The highest BCUT2D eigenvalue weighted by molar-refractivity contribution is 6.30. The summed E-state index contributed by atoms with van der Waals surface area (Å²) in [4.78, 5) is 23.3. The summed E-state index contributed by atoms with van der Waals surface area (Å²) < 4.78 is 5.40. The van der Waals surface area contributed by atoms with Gasteiger partial charge >= 0.3 is 0 Å². The number of ketones is 1. The Balaban J connectivity index is 1.97. The summed E-state index contributed by atoms with van der Waals surface area (Å²) >= 11 is 5.84. The quantitative estimate of drug-likeness (QED) is 0.859. The minimum Gasteiger partial charge on any atom is -0.483 e. The Morgan fingerprint density at radius 3 is 2.62 bits per heavy atom. The maximum absolute atomic E-state index is 11.8. The van der Waals surface area contributed by atoms with Crippen LogP contribution in [-0.2, 0) is 4.79 Å². The molecule has 2 aromatic rings. The SMILES string of the molecule is CC(=O)c1ccccc1OCC(=O)Nc1cccc(Cl)c1. The number of benzene rings is 2. The molecule has 2 aromatic carbocycles. The van der Waals surface area contributed by atoms with E-state index in [-0.39, 0.29) is 18.3 Å². The van der Waals surface area contributed by atoms with Gasteiger partial charge in [0.05, 0.1) is 5.56 Å². The Labute approximate surface area is 127 Å². The summed E-state index contributed by atoms with van der Waals surface area (Å²) in [5, 5.41) is 3.21. The van der Waals surface area contributed by atoms with Crippen molar-refractivity contribution in [2.75, 3.05) is 11.9 Å². The lowest BCUT2D eigenvalue weighted by atomic mass is 10.1. The number of anilines is 1. The summed E-state index contributed by atoms with van der Waals surface area (Å²) in [6.45, 7) is 1.27. The number of carbonyl (C=O) groups is 2. The van der Waals surface area contributed by atoms with Crippen LogP contribution in [0, 0.1) is 0 Å². The van der Waals surface area contributed by atoms with Crippen molar-refractivity contribution < 1.29 is 14.3 Å². The van der Waals surface area contributed by atoms with Gasteiger partial charge in [-0.25, -0.2) is 0 Å². The zero-order valence-electron chi connectivity index (χ0n) is 11.4. The molecular weight excluding hydrogens is 290 g/mol. The van der Waals surface area contributed by atoms with Gasteiger partial charge in [-0.15, -0.1) is 0 Å². The molecule has 0 bridgehead atoms. The van der Waals surface area contributed by atoms with E-state index in [1.54, 1.807) is 48.5 Å². The molecule has 0 saturated heterocycles. The Kier molecular flexibility index (Phi) is 4.95. The van der Waals surface area contributed by atoms with Crippen LogP contribution in [0.5, 0.6) is 5.75 Å². The van der Waals surface area contributed by atoms with Gasteiger partial charge in [-0.05, 0) is 37.3 Å². The maximum Gasteiger partial charge on any atom is 0.262 e. The van der Waals surface area contributed by atoms with Crippen molar-refractivity contribution >= 4 is 29.0 Å². The molecule has 2 rings (SSSR count). The molecule has 0 aliphatic carbocycles. The first-order chi connectivity index (χ1) is 10.1. The first kappa shape index (κ1) is 15.1. The van der Waals surface area contributed by atoms with Crippen LogP contribution < -0.4 is 10.1 Å². The van der Waals surface area contributed by atoms with Gasteiger partial charge in [0, 0.05) is 10.7 Å². The van der Waals surface area contributed by atoms with E-state index in [1.807, 2.05) is 0 Å². The number of halogens is 1. The summed E-state index contributed by atoms with van der Waals surface area (Å²) in [6, 6.07) is 13.6. The van der Waals surface area contributed by atoms with Crippen LogP contribution in [-0.4, -0.2) is 18.3 Å². The van der Waals surface area contributed by atoms with E-state index in [2.05, 4.69) is 5.32 Å². The van der Waals surface area contributed by atoms with E-state index in [0.717, 1.165) is 0 Å². The molecule has 0 unspecified atom stereocenters. The number of hydrogen-bond acceptors (Lipinski definition) is 3. The standard InChI is InChI=1S/C16H14ClNO3/c1-11(19)14-7-2-3-8-15(14)21-10-16(20)18-13-6-4-5-12(17)9-13/h2-9H,10H2,1H3,(H,18,20). The number of carbonyl (C=O) groups excluding carboxylic acids is 2. The fourth-order valence-electron chi connectivity index (χ4n) is 1.79. The normalized spacial score (nSPS) is 10.0. The van der Waals surface area contributed by atoms with Gasteiger partial charge in [0.2, 0.25) is 0 Å². The molecule has 0 fully saturated rings. The zero-order chi connectivity index (χ0) is 15.2. The van der Waals surface area contributed by atoms with Gasteiger partial charge in [-0.1, -0.05) is 29.8 Å². The van der Waals surface area contributed by atoms with E-state index in [9.17, 15) is 9.59 Å². The summed E-state index contributed by atoms with van der Waals surface area (Å²) in [6.07, 6.45) is 0. The first-order valence-electron chi connectivity index (χ1n) is 6.34. The number of ether oxygens (including phenoxy) is 1. The van der Waals surface area contributed by atoms with Crippen LogP contribution >= 0.6 is 11.6 Å². The smallest absolute Gasteiger partial charge is 0.262 e. The molecule has 21 heavy (non-hydrogen) atoms. The van der Waals surface area contributed by atoms with Gasteiger partial charge in [0.25, 0.3) is 5.91 Å². The van der Waals surface area contributed by atoms with Crippen LogP contribution in [0.1, 0.15) is 17.3 Å². The minimum absolute atomic E-state index is 0.110. The minimum atomic E-state index is -0.323. The van der Waals surface area contributed by atoms with Gasteiger partial charge in [0.1, 0.15) is 5.75 Å². The molecule has 108 valence electrons. The van der Waals surface area contributed by atoms with Crippen molar-refractivity contribution in [2.45, 2.75) is 6.92 Å². The van der Waals surface area contributed by atoms with Gasteiger partial charge < -0.3 is 10.1 Å². The second kappa shape index (κ2) is 6.90. The average Bonchev–Trinajstić information content (AvgIpc) is 2.45. The van der Waals surface area contributed by atoms with E-state index in [0.29, 0.717) is 22.0 Å². The Morgan fingerprint density at radius 1 is 1.14 bits per heavy atom. The molecule has 0 aromatic heterocycles. The second-order valence-electron chi connectivity index (χ2n) is 4.40. The first-order valence-corrected chi connectivity index (χ1v) is 6.72. The van der Waals surface area contributed by atoms with Crippen LogP contribution in [0.3, 0.4) is 0 Å². The second-order valence-corrected chi connectivity index (χ2v) is 4.84. The van der Waals surface area contributed by atoms with Crippen LogP contribution in [0.4, 0.5) is 5.69 Å². The fraction of sp³-hybridized carbons (Fsp3) is 0.125. The lowest BCUT2D eigenvalue weighted by Crippen LogP contribution is -2.20. The predicted octanol–water partition coefficient (Wildman–Crippen LogP) is 3.56. The number of nitrogens with one attached hydrogen (secondary N) is 1. The topological polar surface area (TPSA) is 55.4 Å². The Morgan fingerprint density at radius 2 is 1.90 bits per heavy atom. The number of amides is 1. The molecule has 0 spiro atoms. The molecule has 1 amide bonds. The molecule has 5 heteroatoms. The molecule has 4 nitrogen and oxygen atoms in total. The highest BCUT2D eigenvalue weighted by atomic mass is 35.5. The molecule has 0 saturated carbocycles. The van der Waals surface area contributed by atoms with Crippen molar-refractivity contribution in [3.8, 4) is 5.75 Å². The lowest BCUT2D eigenvalue weighted by molar-refractivity contribution is -0.118. The number of rotatable bonds is 5. The molecule has 0 heterocycles. The van der Waals surface area contributed by atoms with Crippen LogP contribution in [0.15, 0.2) is 48.5 Å². The maximum atomic E-state index is 11.8. The third-order valence-electron chi connectivity index (χ3n) is 2.73. The van der Waals surface area contributed by atoms with Gasteiger partial charge in [-0.2, -0.15) is 0 Å². The molecule has 0 atom stereocenters. The zero-order valence-corrected chi connectivity index (χ0v) is 12.2. The largest absolute Gasteiger partial charge is 0.483 e. The summed E-state index contributed by atoms with van der Waals surface area (Å²) in [7, 11) is 0. The van der Waals surface area contributed by atoms with Crippen LogP contribution in [0.2, 0.25) is 5.02 Å². The summed E-state index contributed by atoms with van der Waals surface area (Å²) in [5.41, 5.74) is 1.05. The monoisotopic (exact) mass is 303 g/mol. The average molecular weight is 304 g/mol. The molecule has 0 aliphatic heterocycles. The number of para-hydroxylation sites is 1. The third kappa shape index (κ3) is 4.33. The third-order valence-corrected chi connectivity index (χ3v) is 2.97. The number of Topliss-reactive ketones (excluding diaryl/α,β-unsaturated/α-hetero) is 1. The fourth-order valence-corrected chi connectivity index (χ4v) is 1.98. The van der Waals surface area contributed by atoms with E-state index in [1.165, 1.54) is 6.92 Å².